The molecular weight excluding hydrogens is 244 g/mol. The third-order valence-corrected chi connectivity index (χ3v) is 4.82. The fraction of sp³-hybridized carbons (Fsp3) is 0.500. The lowest BCUT2D eigenvalue weighted by Gasteiger charge is -2.16. The van der Waals surface area contributed by atoms with Crippen LogP contribution in [0.2, 0.25) is 0 Å². The molecule has 1 saturated heterocycles. The van der Waals surface area contributed by atoms with Crippen molar-refractivity contribution >= 4 is 29.0 Å². The number of carbonyl (C=O) groups excluding carboxylic acids is 1. The van der Waals surface area contributed by atoms with Crippen LogP contribution in [0.15, 0.2) is 18.2 Å². The second-order valence-corrected chi connectivity index (χ2v) is 6.12. The van der Waals surface area contributed by atoms with Crippen molar-refractivity contribution in [1.29, 1.82) is 0 Å². The molecule has 0 bridgehead atoms. The number of hydrogen-bond acceptors (Lipinski definition) is 3. The van der Waals surface area contributed by atoms with Gasteiger partial charge < -0.3 is 10.2 Å². The standard InChI is InChI=1S/C14H18N2OS/c1-10(17)16-6-4-11-8-12(2-3-14(11)16)15-13-5-7-18-9-13/h2-3,8,13,15H,4-7,9H2,1H3. The minimum Gasteiger partial charge on any atom is -0.381 e. The van der Waals surface area contributed by atoms with Crippen LogP contribution in [-0.2, 0) is 11.2 Å². The number of anilines is 2. The van der Waals surface area contributed by atoms with Gasteiger partial charge in [-0.15, -0.1) is 0 Å². The van der Waals surface area contributed by atoms with Gasteiger partial charge >= 0.3 is 0 Å². The van der Waals surface area contributed by atoms with Crippen LogP contribution in [0.4, 0.5) is 11.4 Å². The lowest BCUT2D eigenvalue weighted by Crippen LogP contribution is -2.25. The van der Waals surface area contributed by atoms with Crippen molar-refractivity contribution in [3.8, 4) is 0 Å². The minimum absolute atomic E-state index is 0.140. The van der Waals surface area contributed by atoms with E-state index in [0.717, 1.165) is 18.7 Å². The molecule has 1 aromatic carbocycles. The smallest absolute Gasteiger partial charge is 0.223 e. The molecule has 2 heterocycles. The van der Waals surface area contributed by atoms with Crippen LogP contribution < -0.4 is 10.2 Å². The first kappa shape index (κ1) is 11.9. The molecule has 0 spiro atoms. The fourth-order valence-corrected chi connectivity index (χ4v) is 3.86. The Labute approximate surface area is 112 Å². The van der Waals surface area contributed by atoms with E-state index in [2.05, 4.69) is 23.5 Å². The van der Waals surface area contributed by atoms with Gasteiger partial charge in [0.05, 0.1) is 0 Å². The molecule has 1 amide bonds. The number of rotatable bonds is 2. The third kappa shape index (κ3) is 2.21. The zero-order valence-electron chi connectivity index (χ0n) is 10.6. The summed E-state index contributed by atoms with van der Waals surface area (Å²) in [6, 6.07) is 7.00. The molecule has 3 nitrogen and oxygen atoms in total. The van der Waals surface area contributed by atoms with Gasteiger partial charge in [-0.2, -0.15) is 11.8 Å². The molecule has 4 heteroatoms. The van der Waals surface area contributed by atoms with E-state index in [-0.39, 0.29) is 5.91 Å². The van der Waals surface area contributed by atoms with Gasteiger partial charge in [0.25, 0.3) is 0 Å². The predicted octanol–water partition coefficient (Wildman–Crippen LogP) is 2.51. The van der Waals surface area contributed by atoms with Gasteiger partial charge in [0.15, 0.2) is 0 Å². The summed E-state index contributed by atoms with van der Waals surface area (Å²) in [6.07, 6.45) is 2.23. The Morgan fingerprint density at radius 1 is 1.50 bits per heavy atom. The monoisotopic (exact) mass is 262 g/mol. The predicted molar refractivity (Wildman–Crippen MR) is 77.5 cm³/mol. The molecule has 0 aliphatic carbocycles. The van der Waals surface area contributed by atoms with Crippen molar-refractivity contribution in [2.45, 2.75) is 25.8 Å². The van der Waals surface area contributed by atoms with Gasteiger partial charge in [0.2, 0.25) is 5.91 Å². The van der Waals surface area contributed by atoms with Crippen LogP contribution in [-0.4, -0.2) is 30.0 Å². The van der Waals surface area contributed by atoms with Crippen molar-refractivity contribution in [2.24, 2.45) is 0 Å². The van der Waals surface area contributed by atoms with Crippen LogP contribution in [0.5, 0.6) is 0 Å². The summed E-state index contributed by atoms with van der Waals surface area (Å²) in [7, 11) is 0. The van der Waals surface area contributed by atoms with E-state index < -0.39 is 0 Å². The Balaban J connectivity index is 1.77. The van der Waals surface area contributed by atoms with E-state index in [1.54, 1.807) is 6.92 Å². The van der Waals surface area contributed by atoms with Crippen LogP contribution in [0.1, 0.15) is 18.9 Å². The van der Waals surface area contributed by atoms with Crippen molar-refractivity contribution in [3.63, 3.8) is 0 Å². The molecule has 1 fully saturated rings. The average Bonchev–Trinajstić information content (AvgIpc) is 2.97. The number of hydrogen-bond donors (Lipinski definition) is 1. The third-order valence-electron chi connectivity index (χ3n) is 3.66. The molecule has 0 saturated carbocycles. The summed E-state index contributed by atoms with van der Waals surface area (Å²) in [5.74, 6) is 2.61. The molecule has 2 aliphatic heterocycles. The maximum Gasteiger partial charge on any atom is 0.223 e. The Bertz CT molecular complexity index is 469. The topological polar surface area (TPSA) is 32.3 Å². The molecule has 1 unspecified atom stereocenters. The highest BCUT2D eigenvalue weighted by molar-refractivity contribution is 7.99. The maximum absolute atomic E-state index is 11.5. The molecule has 1 atom stereocenters. The van der Waals surface area contributed by atoms with Crippen molar-refractivity contribution < 1.29 is 4.79 Å². The van der Waals surface area contributed by atoms with Gasteiger partial charge in [0, 0.05) is 36.6 Å². The maximum atomic E-state index is 11.5. The van der Waals surface area contributed by atoms with E-state index in [0.29, 0.717) is 6.04 Å². The largest absolute Gasteiger partial charge is 0.381 e. The average molecular weight is 262 g/mol. The number of nitrogens with zero attached hydrogens (tertiary/aromatic N) is 1. The molecule has 0 radical (unpaired) electrons. The first-order valence-electron chi connectivity index (χ1n) is 6.49. The number of fused-ring (bicyclic) bond motifs is 1. The molecule has 1 aromatic rings. The number of nitrogens with one attached hydrogen (secondary N) is 1. The fourth-order valence-electron chi connectivity index (χ4n) is 2.70. The quantitative estimate of drug-likeness (QED) is 0.889. The van der Waals surface area contributed by atoms with Crippen LogP contribution >= 0.6 is 11.8 Å². The lowest BCUT2D eigenvalue weighted by atomic mass is 10.1. The molecular formula is C14H18N2OS. The Hall–Kier alpha value is -1.16. The first-order chi connectivity index (χ1) is 8.74. The molecule has 96 valence electrons. The van der Waals surface area contributed by atoms with E-state index >= 15 is 0 Å². The summed E-state index contributed by atoms with van der Waals surface area (Å²) in [5, 5.41) is 3.59. The lowest BCUT2D eigenvalue weighted by molar-refractivity contribution is -0.116. The Morgan fingerprint density at radius 3 is 3.11 bits per heavy atom. The minimum atomic E-state index is 0.140. The van der Waals surface area contributed by atoms with Gasteiger partial charge in [-0.25, -0.2) is 0 Å². The number of thioether (sulfide) groups is 1. The zero-order valence-corrected chi connectivity index (χ0v) is 11.4. The van der Waals surface area contributed by atoms with Crippen molar-refractivity contribution in [2.75, 3.05) is 28.3 Å². The molecule has 2 aliphatic rings. The van der Waals surface area contributed by atoms with Gasteiger partial charge in [0.1, 0.15) is 0 Å². The zero-order chi connectivity index (χ0) is 12.5. The van der Waals surface area contributed by atoms with E-state index in [4.69, 9.17) is 0 Å². The molecule has 1 N–H and O–H groups in total. The van der Waals surface area contributed by atoms with Crippen molar-refractivity contribution in [3.05, 3.63) is 23.8 Å². The van der Waals surface area contributed by atoms with Gasteiger partial charge in [-0.3, -0.25) is 4.79 Å². The highest BCUT2D eigenvalue weighted by atomic mass is 32.2. The van der Waals surface area contributed by atoms with Crippen LogP contribution in [0.25, 0.3) is 0 Å². The van der Waals surface area contributed by atoms with Gasteiger partial charge in [-0.1, -0.05) is 0 Å². The first-order valence-corrected chi connectivity index (χ1v) is 7.65. The van der Waals surface area contributed by atoms with E-state index in [1.165, 1.54) is 29.2 Å². The summed E-state index contributed by atoms with van der Waals surface area (Å²) >= 11 is 2.02. The number of carbonyl (C=O) groups is 1. The van der Waals surface area contributed by atoms with Gasteiger partial charge in [-0.05, 0) is 42.4 Å². The Kier molecular flexibility index (Phi) is 3.20. The van der Waals surface area contributed by atoms with Crippen molar-refractivity contribution in [1.82, 2.24) is 0 Å². The summed E-state index contributed by atoms with van der Waals surface area (Å²) in [6.45, 7) is 2.46. The van der Waals surface area contributed by atoms with E-state index in [1.807, 2.05) is 16.7 Å². The second-order valence-electron chi connectivity index (χ2n) is 4.97. The number of amides is 1. The summed E-state index contributed by atoms with van der Waals surface area (Å²) < 4.78 is 0. The molecule has 18 heavy (non-hydrogen) atoms. The summed E-state index contributed by atoms with van der Waals surface area (Å²) in [5.41, 5.74) is 3.58. The molecule has 0 aromatic heterocycles. The Morgan fingerprint density at radius 2 is 2.39 bits per heavy atom. The highest BCUT2D eigenvalue weighted by Crippen LogP contribution is 2.31. The van der Waals surface area contributed by atoms with Crippen LogP contribution in [0.3, 0.4) is 0 Å². The van der Waals surface area contributed by atoms with Crippen LogP contribution in [0, 0.1) is 0 Å². The highest BCUT2D eigenvalue weighted by Gasteiger charge is 2.22. The second kappa shape index (κ2) is 4.84. The summed E-state index contributed by atoms with van der Waals surface area (Å²) in [4.78, 5) is 13.3. The molecule has 3 rings (SSSR count). The van der Waals surface area contributed by atoms with E-state index in [9.17, 15) is 4.79 Å². The number of benzene rings is 1. The SMILES string of the molecule is CC(=O)N1CCc2cc(NC3CCSC3)ccc21. The normalized spacial score (nSPS) is 22.1.